The molecule has 0 spiro atoms. The maximum Gasteiger partial charge on any atom is 1.00 e. The fraction of sp³-hybridized carbons (Fsp3) is 0.667. The molecule has 5 heteroatoms. The largest absolute Gasteiger partial charge is 1.00 e. The van der Waals surface area contributed by atoms with E-state index >= 15 is 0 Å². The van der Waals surface area contributed by atoms with Gasteiger partial charge < -0.3 is 10.4 Å². The Balaban J connectivity index is -0.000000361. The fourth-order valence-electron chi connectivity index (χ4n) is 5.22. The van der Waals surface area contributed by atoms with Gasteiger partial charge in [-0.15, -0.1) is 0 Å². The van der Waals surface area contributed by atoms with Crippen LogP contribution in [0.5, 0.6) is 11.5 Å². The van der Waals surface area contributed by atoms with Gasteiger partial charge in [-0.25, -0.2) is 0 Å². The Morgan fingerprint density at radius 1 is 0.366 bits per heavy atom. The van der Waals surface area contributed by atoms with E-state index in [1.54, 1.807) is 0 Å². The van der Waals surface area contributed by atoms with Gasteiger partial charge in [-0.05, 0) is 61.1 Å². The topological polar surface area (TPSA) is 9.23 Å². The van der Waals surface area contributed by atoms with Crippen molar-refractivity contribution in [2.75, 3.05) is 0 Å². The Hall–Kier alpha value is 2.24. The van der Waals surface area contributed by atoms with Crippen LogP contribution in [-0.2, 0) is 12.8 Å². The van der Waals surface area contributed by atoms with Crippen LogP contribution in [0, 0.1) is 0 Å². The van der Waals surface area contributed by atoms with Gasteiger partial charge in [0.25, 0.3) is 0 Å². The minimum Gasteiger partial charge on any atom is -1.00 e. The summed E-state index contributed by atoms with van der Waals surface area (Å²) in [5, 5.41) is 0. The molecule has 0 atom stereocenters. The number of hydrogen-bond donors (Lipinski definition) is 0. The predicted octanol–water partition coefficient (Wildman–Crippen LogP) is 0.872. The van der Waals surface area contributed by atoms with Gasteiger partial charge in [0, 0.05) is 0 Å². The Morgan fingerprint density at radius 2 is 0.610 bits per heavy atom. The van der Waals surface area contributed by atoms with Crippen LogP contribution in [0.3, 0.4) is 0 Å². The number of ether oxygens (including phenoxy) is 1. The van der Waals surface area contributed by atoms with Crippen LogP contribution in [0.25, 0.3) is 0 Å². The van der Waals surface area contributed by atoms with Crippen LogP contribution in [-0.4, -0.2) is 0 Å². The molecule has 0 saturated carbocycles. The molecule has 0 aliphatic rings. The quantitative estimate of drug-likeness (QED) is 0.128. The predicted molar refractivity (Wildman–Crippen MR) is 169 cm³/mol. The first kappa shape index (κ1) is 47.6. The maximum absolute atomic E-state index is 6.10. The molecule has 41 heavy (non-hydrogen) atoms. The number of benzene rings is 2. The summed E-state index contributed by atoms with van der Waals surface area (Å²) in [4.78, 5) is 0. The second kappa shape index (κ2) is 35.1. The summed E-state index contributed by atoms with van der Waals surface area (Å²) < 4.78 is 6.10. The molecule has 2 rings (SSSR count). The third kappa shape index (κ3) is 27.1. The zero-order chi connectivity index (χ0) is 26.2. The zero-order valence-electron chi connectivity index (χ0n) is 32.6. The van der Waals surface area contributed by atoms with Crippen molar-refractivity contribution in [3.05, 3.63) is 59.7 Å². The van der Waals surface area contributed by atoms with E-state index in [-0.39, 0.29) is 124 Å². The van der Waals surface area contributed by atoms with Crippen molar-refractivity contribution in [1.82, 2.24) is 0 Å². The number of aryl methyl sites for hydroxylation is 2. The van der Waals surface area contributed by atoms with E-state index in [1.165, 1.54) is 152 Å². The molecule has 2 aromatic carbocycles. The number of unbranched alkanes of at least 4 members (excludes halogenated alkanes) is 18. The molecule has 0 aromatic heterocycles. The van der Waals surface area contributed by atoms with E-state index in [2.05, 4.69) is 62.4 Å². The van der Waals surface area contributed by atoms with Crippen molar-refractivity contribution in [1.29, 1.82) is 0 Å². The molecular weight excluding hydrogens is 540 g/mol. The van der Waals surface area contributed by atoms with Gasteiger partial charge in [-0.1, -0.05) is 154 Å². The smallest absolute Gasteiger partial charge is 1.00 e. The molecule has 0 saturated heterocycles. The molecule has 0 unspecified atom stereocenters. The monoisotopic (exact) mass is 602 g/mol. The van der Waals surface area contributed by atoms with E-state index in [1.807, 2.05) is 0 Å². The molecule has 2 aromatic rings. The fourth-order valence-corrected chi connectivity index (χ4v) is 5.22. The average Bonchev–Trinajstić information content (AvgIpc) is 2.92. The van der Waals surface area contributed by atoms with Crippen LogP contribution in [0.15, 0.2) is 48.5 Å². The van der Waals surface area contributed by atoms with Crippen molar-refractivity contribution in [2.24, 2.45) is 0 Å². The van der Waals surface area contributed by atoms with Crippen LogP contribution >= 0.6 is 0 Å². The maximum atomic E-state index is 6.10. The first-order chi connectivity index (χ1) is 18.3. The summed E-state index contributed by atoms with van der Waals surface area (Å²) in [6, 6.07) is 17.5. The second-order valence-corrected chi connectivity index (χ2v) is 11.3. The third-order valence-electron chi connectivity index (χ3n) is 7.72. The van der Waals surface area contributed by atoms with Gasteiger partial charge in [0.15, 0.2) is 0 Å². The minimum absolute atomic E-state index is 0. The van der Waals surface area contributed by atoms with E-state index in [0.717, 1.165) is 11.5 Å². The van der Waals surface area contributed by atoms with E-state index in [9.17, 15) is 0 Å². The first-order valence-corrected chi connectivity index (χ1v) is 16.2. The molecular formula is C36H62Na4O. The molecule has 0 aliphatic heterocycles. The van der Waals surface area contributed by atoms with Crippen molar-refractivity contribution >= 4 is 0 Å². The van der Waals surface area contributed by atoms with Crippen LogP contribution in [0.4, 0.5) is 0 Å². The van der Waals surface area contributed by atoms with Gasteiger partial charge in [-0.3, -0.25) is 0 Å². The molecule has 0 radical (unpaired) electrons. The average molecular weight is 603 g/mol. The Labute approximate surface area is 350 Å². The molecule has 0 fully saturated rings. The summed E-state index contributed by atoms with van der Waals surface area (Å²) in [5.41, 5.74) is 2.86. The third-order valence-corrected chi connectivity index (χ3v) is 7.72. The summed E-state index contributed by atoms with van der Waals surface area (Å²) >= 11 is 0. The van der Waals surface area contributed by atoms with E-state index < -0.39 is 0 Å². The normalized spacial score (nSPS) is 10.1. The molecule has 0 aliphatic carbocycles. The van der Waals surface area contributed by atoms with Gasteiger partial charge in [-0.2, -0.15) is 0 Å². The van der Waals surface area contributed by atoms with Crippen LogP contribution < -0.4 is 123 Å². The van der Waals surface area contributed by atoms with Gasteiger partial charge in [0.1, 0.15) is 11.5 Å². The van der Waals surface area contributed by atoms with Gasteiger partial charge in [0.05, 0.1) is 0 Å². The van der Waals surface area contributed by atoms with E-state index in [4.69, 9.17) is 4.74 Å². The molecule has 0 N–H and O–H groups in total. The van der Waals surface area contributed by atoms with Crippen molar-refractivity contribution < 1.29 is 129 Å². The second-order valence-electron chi connectivity index (χ2n) is 11.3. The summed E-state index contributed by atoms with van der Waals surface area (Å²) in [7, 11) is 0. The first-order valence-electron chi connectivity index (χ1n) is 16.2. The van der Waals surface area contributed by atoms with E-state index in [0.29, 0.717) is 0 Å². The Morgan fingerprint density at radius 3 is 0.878 bits per heavy atom. The van der Waals surface area contributed by atoms with Gasteiger partial charge >= 0.3 is 118 Å². The molecule has 1 nitrogen and oxygen atoms in total. The molecule has 216 valence electrons. The molecule has 0 heterocycles. The van der Waals surface area contributed by atoms with Crippen molar-refractivity contribution in [2.45, 2.75) is 155 Å². The van der Waals surface area contributed by atoms with Crippen LogP contribution in [0.2, 0.25) is 0 Å². The standard InChI is InChI=1S/C36H58O.4Na.4H/c1-3-5-7-9-11-13-15-17-19-21-23-33-25-29-35(30-26-33)37-36-31-27-34(28-32-36)24-22-20-18-16-14-12-10-8-6-4-2;;;;;;;;/h25-32H,3-24H2,1-2H3;;;;;;;;/q;4*+1;4*-1. The van der Waals surface area contributed by atoms with Crippen molar-refractivity contribution in [3.8, 4) is 11.5 Å². The minimum atomic E-state index is 0. The molecule has 0 amide bonds. The summed E-state index contributed by atoms with van der Waals surface area (Å²) in [5.74, 6) is 1.88. The van der Waals surface area contributed by atoms with Crippen molar-refractivity contribution in [3.63, 3.8) is 0 Å². The Bertz CT molecular complexity index is 718. The molecule has 0 bridgehead atoms. The SMILES string of the molecule is CCCCCCCCCCCCc1ccc(Oc2ccc(CCCCCCCCCCCC)cc2)cc1.[H-].[H-].[H-].[H-].[Na+].[Na+].[Na+].[Na+]. The zero-order valence-corrected chi connectivity index (χ0v) is 36.6. The Kier molecular flexibility index (Phi) is 40.8. The number of rotatable bonds is 24. The summed E-state index contributed by atoms with van der Waals surface area (Å²) in [6.07, 6.45) is 30.3. The summed E-state index contributed by atoms with van der Waals surface area (Å²) in [6.45, 7) is 4.58. The number of hydrogen-bond acceptors (Lipinski definition) is 1. The van der Waals surface area contributed by atoms with Gasteiger partial charge in [0.2, 0.25) is 0 Å². The van der Waals surface area contributed by atoms with Crippen LogP contribution in [0.1, 0.15) is 159 Å².